The molecule has 0 saturated carbocycles. The van der Waals surface area contributed by atoms with Crippen LogP contribution < -0.4 is 74.6 Å². The molecule has 0 aliphatic heterocycles. The van der Waals surface area contributed by atoms with Crippen LogP contribution in [0, 0.1) is 0 Å². The van der Waals surface area contributed by atoms with E-state index in [1.165, 1.54) is 0 Å². The Bertz CT molecular complexity index is 141. The molecule has 12 heavy (non-hydrogen) atoms. The standard InChI is InChI=1S/C5H14NO3P.2Na/c1-2-5(6)3-4-10(7,8)9;;/h5H,2-4,6H2,1H3,(H2,7,8,9);;/q;2*+1/p-2. The fourth-order valence-corrected chi connectivity index (χ4v) is 1.18. The van der Waals surface area contributed by atoms with Gasteiger partial charge in [-0.15, -0.1) is 0 Å². The van der Waals surface area contributed by atoms with Gasteiger partial charge in [-0.1, -0.05) is 14.5 Å². The molecule has 0 spiro atoms. The molecule has 0 rings (SSSR count). The summed E-state index contributed by atoms with van der Waals surface area (Å²) in [6, 6.07) is -0.156. The first kappa shape index (κ1) is 19.6. The first-order valence-corrected chi connectivity index (χ1v) is 4.95. The van der Waals surface area contributed by atoms with Crippen molar-refractivity contribution in [3.05, 3.63) is 0 Å². The molecular formula is C5H12NNa2O3P. The van der Waals surface area contributed by atoms with Crippen molar-refractivity contribution < 1.29 is 73.5 Å². The van der Waals surface area contributed by atoms with E-state index in [9.17, 15) is 14.4 Å². The van der Waals surface area contributed by atoms with Crippen molar-refractivity contribution >= 4 is 7.60 Å². The van der Waals surface area contributed by atoms with Crippen LogP contribution in [0.4, 0.5) is 0 Å². The molecule has 0 aromatic heterocycles. The number of hydrogen-bond acceptors (Lipinski definition) is 4. The van der Waals surface area contributed by atoms with Gasteiger partial charge in [-0.05, 0) is 19.0 Å². The molecule has 62 valence electrons. The summed E-state index contributed by atoms with van der Waals surface area (Å²) >= 11 is 0. The van der Waals surface area contributed by atoms with E-state index in [-0.39, 0.29) is 77.7 Å². The minimum Gasteiger partial charge on any atom is -0.811 e. The maximum Gasteiger partial charge on any atom is 1.00 e. The Morgan fingerprint density at radius 2 is 1.83 bits per heavy atom. The van der Waals surface area contributed by atoms with Crippen molar-refractivity contribution in [2.24, 2.45) is 5.73 Å². The van der Waals surface area contributed by atoms with Gasteiger partial charge >= 0.3 is 59.1 Å². The predicted octanol–water partition coefficient (Wildman–Crippen LogP) is -6.96. The molecule has 1 unspecified atom stereocenters. The van der Waals surface area contributed by atoms with Crippen LogP contribution >= 0.6 is 7.60 Å². The Morgan fingerprint density at radius 3 is 2.08 bits per heavy atom. The average Bonchev–Trinajstić information content (AvgIpc) is 1.81. The topological polar surface area (TPSA) is 89.2 Å². The van der Waals surface area contributed by atoms with Crippen molar-refractivity contribution in [2.75, 3.05) is 6.16 Å². The second-order valence-corrected chi connectivity index (χ2v) is 3.96. The normalized spacial score (nSPS) is 12.7. The summed E-state index contributed by atoms with van der Waals surface area (Å²) in [5.74, 6) is 0. The second kappa shape index (κ2) is 9.66. The zero-order valence-corrected chi connectivity index (χ0v) is 12.8. The van der Waals surface area contributed by atoms with Crippen molar-refractivity contribution in [3.63, 3.8) is 0 Å². The summed E-state index contributed by atoms with van der Waals surface area (Å²) in [6.45, 7) is 1.85. The maximum absolute atomic E-state index is 10.1. The van der Waals surface area contributed by atoms with E-state index < -0.39 is 7.60 Å². The van der Waals surface area contributed by atoms with Crippen molar-refractivity contribution in [3.8, 4) is 0 Å². The molecule has 0 heterocycles. The Labute approximate surface area is 117 Å². The maximum atomic E-state index is 10.1. The minimum absolute atomic E-state index is 0. The second-order valence-electron chi connectivity index (χ2n) is 2.29. The molecule has 1 atom stereocenters. The fraction of sp³-hybridized carbons (Fsp3) is 1.00. The third-order valence-corrected chi connectivity index (χ3v) is 2.10. The van der Waals surface area contributed by atoms with Crippen LogP contribution in [-0.4, -0.2) is 12.2 Å². The van der Waals surface area contributed by atoms with Gasteiger partial charge < -0.3 is 20.1 Å². The Balaban J connectivity index is -0.000000405. The molecule has 4 nitrogen and oxygen atoms in total. The smallest absolute Gasteiger partial charge is 0.811 e. The fourth-order valence-electron chi connectivity index (χ4n) is 0.528. The van der Waals surface area contributed by atoms with Gasteiger partial charge in [0.05, 0.1) is 0 Å². The summed E-state index contributed by atoms with van der Waals surface area (Å²) in [4.78, 5) is 20.1. The molecule has 0 aromatic rings. The van der Waals surface area contributed by atoms with Crippen LogP contribution in [0.3, 0.4) is 0 Å². The van der Waals surface area contributed by atoms with E-state index in [2.05, 4.69) is 0 Å². The summed E-state index contributed by atoms with van der Waals surface area (Å²) in [7, 11) is -4.31. The summed E-state index contributed by atoms with van der Waals surface area (Å²) in [5.41, 5.74) is 5.38. The van der Waals surface area contributed by atoms with Gasteiger partial charge in [0.25, 0.3) is 0 Å². The van der Waals surface area contributed by atoms with Gasteiger partial charge in [0.2, 0.25) is 0 Å². The molecule has 0 fully saturated rings. The third-order valence-electron chi connectivity index (χ3n) is 1.30. The molecule has 0 saturated heterocycles. The molecule has 0 radical (unpaired) electrons. The molecule has 0 aliphatic carbocycles. The Kier molecular flexibility index (Phi) is 15.8. The van der Waals surface area contributed by atoms with E-state index in [4.69, 9.17) is 5.73 Å². The predicted molar refractivity (Wildman–Crippen MR) is 35.4 cm³/mol. The van der Waals surface area contributed by atoms with Gasteiger partial charge in [0, 0.05) is 6.04 Å². The van der Waals surface area contributed by atoms with Crippen LogP contribution in [0.1, 0.15) is 19.8 Å². The van der Waals surface area contributed by atoms with E-state index in [1.807, 2.05) is 6.92 Å². The van der Waals surface area contributed by atoms with E-state index in [1.54, 1.807) is 0 Å². The molecular weight excluding hydrogens is 199 g/mol. The molecule has 0 amide bonds. The van der Waals surface area contributed by atoms with Crippen LogP contribution in [0.15, 0.2) is 0 Å². The van der Waals surface area contributed by atoms with Gasteiger partial charge in [0.1, 0.15) is 0 Å². The zero-order chi connectivity index (χ0) is 8.20. The molecule has 0 aromatic carbocycles. The number of hydrogen-bond donors (Lipinski definition) is 1. The quantitative estimate of drug-likeness (QED) is 0.369. The average molecular weight is 211 g/mol. The number of nitrogens with two attached hydrogens (primary N) is 1. The molecule has 0 bridgehead atoms. The summed E-state index contributed by atoms with van der Waals surface area (Å²) < 4.78 is 10.1. The monoisotopic (exact) mass is 211 g/mol. The Morgan fingerprint density at radius 1 is 1.42 bits per heavy atom. The van der Waals surface area contributed by atoms with Gasteiger partial charge in [-0.25, -0.2) is 0 Å². The first-order valence-electron chi connectivity index (χ1n) is 3.22. The van der Waals surface area contributed by atoms with Crippen molar-refractivity contribution in [2.45, 2.75) is 25.8 Å². The molecule has 0 aliphatic rings. The van der Waals surface area contributed by atoms with Crippen LogP contribution in [0.2, 0.25) is 0 Å². The zero-order valence-electron chi connectivity index (χ0n) is 7.95. The van der Waals surface area contributed by atoms with Crippen molar-refractivity contribution in [1.29, 1.82) is 0 Å². The van der Waals surface area contributed by atoms with Crippen molar-refractivity contribution in [1.82, 2.24) is 0 Å². The third kappa shape index (κ3) is 14.6. The SMILES string of the molecule is CCC(N)CCP(=O)([O-])[O-].[Na+].[Na+]. The largest absolute Gasteiger partial charge is 1.00 e. The van der Waals surface area contributed by atoms with Gasteiger partial charge in [-0.3, -0.25) is 0 Å². The van der Waals surface area contributed by atoms with Crippen LogP contribution in [0.5, 0.6) is 0 Å². The van der Waals surface area contributed by atoms with Crippen LogP contribution in [0.25, 0.3) is 0 Å². The molecule has 2 N–H and O–H groups in total. The van der Waals surface area contributed by atoms with E-state index >= 15 is 0 Å². The Hall–Kier alpha value is 2.11. The van der Waals surface area contributed by atoms with E-state index in [0.29, 0.717) is 6.42 Å². The first-order chi connectivity index (χ1) is 4.45. The van der Waals surface area contributed by atoms with Gasteiger partial charge in [0.15, 0.2) is 0 Å². The minimum atomic E-state index is -4.31. The van der Waals surface area contributed by atoms with Gasteiger partial charge in [-0.2, -0.15) is 0 Å². The molecule has 7 heteroatoms. The summed E-state index contributed by atoms with van der Waals surface area (Å²) in [5, 5.41) is 0. The van der Waals surface area contributed by atoms with E-state index in [0.717, 1.165) is 0 Å². The van der Waals surface area contributed by atoms with Crippen LogP contribution in [-0.2, 0) is 4.57 Å². The number of rotatable bonds is 4. The summed E-state index contributed by atoms with van der Waals surface area (Å²) in [6.07, 6.45) is 0.669.